The molecule has 6 bridgehead atoms. The van der Waals surface area contributed by atoms with Crippen molar-refractivity contribution in [1.29, 1.82) is 0 Å². The number of phenolic OH excluding ortho intramolecular Hbond substituents is 1. The molecular formula is C44H56N6O7. The summed E-state index contributed by atoms with van der Waals surface area (Å²) in [6.45, 7) is 12.8. The molecule has 2 aliphatic heterocycles. The number of esters is 1. The number of likely N-dealkylation sites (N-methyl/N-ethyl adjacent to an activating group) is 1. The van der Waals surface area contributed by atoms with Gasteiger partial charge in [-0.2, -0.15) is 0 Å². The summed E-state index contributed by atoms with van der Waals surface area (Å²) >= 11 is 0. The minimum atomic E-state index is -1.09. The number of amides is 3. The second-order valence-corrected chi connectivity index (χ2v) is 16.5. The Morgan fingerprint density at radius 3 is 2.61 bits per heavy atom. The standard InChI is InChI=1S/C44H56N6O7/c1-9-49-38-15-14-29-22-33(38)34(40(49)32-12-10-16-45-37(32)24-56-8)23-44(5,6)25-57-43(55)35-13-11-17-50(47-35)42(54)36(20-28-18-30(29)21-31(52)19-28)46-41(53)39(26(2)3)48(7)27(4)51/h10,12,14-16,18-19,21-22,26,35-36,39,47,52H,9,11,13,17,20,23-25H2,1-8H3,(H,46,53)/t35-,36-,39-/m0/s1. The Morgan fingerprint density at radius 1 is 1.14 bits per heavy atom. The zero-order valence-electron chi connectivity index (χ0n) is 34.3. The fourth-order valence-corrected chi connectivity index (χ4v) is 8.30. The molecule has 4 heterocycles. The summed E-state index contributed by atoms with van der Waals surface area (Å²) in [6, 6.07) is 12.8. The van der Waals surface area contributed by atoms with E-state index in [1.807, 2.05) is 32.0 Å². The van der Waals surface area contributed by atoms with E-state index in [1.165, 1.54) is 16.8 Å². The van der Waals surface area contributed by atoms with E-state index in [1.54, 1.807) is 32.5 Å². The van der Waals surface area contributed by atoms with Crippen molar-refractivity contribution in [2.45, 2.75) is 98.5 Å². The average molecular weight is 781 g/mol. The number of carbonyl (C=O) groups is 4. The monoisotopic (exact) mass is 780 g/mol. The third-order valence-corrected chi connectivity index (χ3v) is 11.1. The number of nitrogens with one attached hydrogen (secondary N) is 2. The summed E-state index contributed by atoms with van der Waals surface area (Å²) in [7, 11) is 3.22. The topological polar surface area (TPSA) is 155 Å². The average Bonchev–Trinajstić information content (AvgIpc) is 3.47. The molecule has 0 radical (unpaired) electrons. The number of aromatic nitrogens is 2. The summed E-state index contributed by atoms with van der Waals surface area (Å²) in [6.07, 6.45) is 3.37. The lowest BCUT2D eigenvalue weighted by Gasteiger charge is -2.36. The van der Waals surface area contributed by atoms with E-state index < -0.39 is 41.3 Å². The first-order chi connectivity index (χ1) is 27.1. The Labute approximate surface area is 334 Å². The second-order valence-electron chi connectivity index (χ2n) is 16.5. The molecule has 3 N–H and O–H groups in total. The molecule has 4 aromatic rings. The summed E-state index contributed by atoms with van der Waals surface area (Å²) in [5, 5.41) is 16.5. The van der Waals surface area contributed by atoms with Crippen molar-refractivity contribution in [3.05, 3.63) is 71.5 Å². The Hall–Kier alpha value is -5.27. The highest BCUT2D eigenvalue weighted by molar-refractivity contribution is 5.96. The van der Waals surface area contributed by atoms with Gasteiger partial charge in [0.05, 0.1) is 24.6 Å². The molecular weight excluding hydrogens is 725 g/mol. The van der Waals surface area contributed by atoms with Crippen LogP contribution in [0.2, 0.25) is 0 Å². The van der Waals surface area contributed by atoms with Gasteiger partial charge in [0.25, 0.3) is 5.91 Å². The number of cyclic esters (lactones) is 1. The number of phenols is 1. The number of hydrazine groups is 1. The summed E-state index contributed by atoms with van der Waals surface area (Å²) < 4.78 is 13.9. The molecule has 1 fully saturated rings. The van der Waals surface area contributed by atoms with Gasteiger partial charge >= 0.3 is 5.97 Å². The molecule has 2 aliphatic rings. The Morgan fingerprint density at radius 2 is 1.91 bits per heavy atom. The van der Waals surface area contributed by atoms with Gasteiger partial charge in [-0.3, -0.25) is 29.2 Å². The molecule has 304 valence electrons. The van der Waals surface area contributed by atoms with Crippen LogP contribution in [-0.2, 0) is 54.6 Å². The molecule has 6 rings (SSSR count). The van der Waals surface area contributed by atoms with Gasteiger partial charge in [0, 0.05) is 68.7 Å². The van der Waals surface area contributed by atoms with Gasteiger partial charge in [0.15, 0.2) is 0 Å². The van der Waals surface area contributed by atoms with E-state index in [9.17, 15) is 24.3 Å². The smallest absolute Gasteiger partial charge is 0.324 e. The maximum absolute atomic E-state index is 14.4. The summed E-state index contributed by atoms with van der Waals surface area (Å²) in [5.74, 6) is -1.89. The van der Waals surface area contributed by atoms with Crippen LogP contribution >= 0.6 is 0 Å². The van der Waals surface area contributed by atoms with Crippen LogP contribution in [0.15, 0.2) is 54.7 Å². The van der Waals surface area contributed by atoms with E-state index >= 15 is 0 Å². The van der Waals surface area contributed by atoms with Crippen LogP contribution in [0.5, 0.6) is 5.75 Å². The minimum absolute atomic E-state index is 0.0116. The first-order valence-electron chi connectivity index (χ1n) is 19.8. The Balaban J connectivity index is 1.52. The van der Waals surface area contributed by atoms with Crippen molar-refractivity contribution in [2.75, 3.05) is 27.3 Å². The molecule has 13 nitrogen and oxygen atoms in total. The zero-order chi connectivity index (χ0) is 41.2. The van der Waals surface area contributed by atoms with Crippen LogP contribution in [0.25, 0.3) is 33.3 Å². The van der Waals surface area contributed by atoms with Crippen molar-refractivity contribution in [2.24, 2.45) is 11.3 Å². The number of aryl methyl sites for hydroxylation is 1. The largest absolute Gasteiger partial charge is 0.508 e. The zero-order valence-corrected chi connectivity index (χ0v) is 34.3. The summed E-state index contributed by atoms with van der Waals surface area (Å²) in [5.41, 5.74) is 9.69. The number of aromatic hydroxyl groups is 1. The number of hydrogen-bond donors (Lipinski definition) is 3. The van der Waals surface area contributed by atoms with Crippen molar-refractivity contribution in [3.63, 3.8) is 0 Å². The van der Waals surface area contributed by atoms with Crippen molar-refractivity contribution in [1.82, 2.24) is 30.2 Å². The number of carbonyl (C=O) groups excluding carboxylic acids is 4. The fourth-order valence-electron chi connectivity index (χ4n) is 8.30. The van der Waals surface area contributed by atoms with Crippen molar-refractivity contribution >= 4 is 34.6 Å². The number of ether oxygens (including phenoxy) is 2. The molecule has 57 heavy (non-hydrogen) atoms. The SMILES string of the molecule is CCn1c(-c2cccnc2COC)c2c3cc(ccc31)-c1cc(O)cc(c1)C[C@H](NC(=O)[C@H](C(C)C)N(C)C(C)=O)C(=O)N1CCC[C@H](N1)C(=O)OCC(C)(C)C2. The van der Waals surface area contributed by atoms with Crippen LogP contribution < -0.4 is 10.7 Å². The van der Waals surface area contributed by atoms with Crippen LogP contribution in [0.3, 0.4) is 0 Å². The molecule has 3 atom stereocenters. The normalized spacial score (nSPS) is 19.2. The molecule has 0 saturated carbocycles. The molecule has 2 aromatic heterocycles. The van der Waals surface area contributed by atoms with Gasteiger partial charge in [0.2, 0.25) is 11.8 Å². The lowest BCUT2D eigenvalue weighted by molar-refractivity contribution is -0.155. The van der Waals surface area contributed by atoms with E-state index in [-0.39, 0.29) is 30.6 Å². The van der Waals surface area contributed by atoms with E-state index in [0.29, 0.717) is 44.5 Å². The molecule has 13 heteroatoms. The Bertz CT molecular complexity index is 2160. The third-order valence-electron chi connectivity index (χ3n) is 11.1. The number of nitrogens with zero attached hydrogens (tertiary/aromatic N) is 4. The first kappa shape index (κ1) is 41.4. The Kier molecular flexibility index (Phi) is 12.4. The van der Waals surface area contributed by atoms with Gasteiger partial charge < -0.3 is 29.4 Å². The molecule has 0 spiro atoms. The number of methoxy groups -OCH3 is 1. The quantitative estimate of drug-likeness (QED) is 0.200. The molecule has 1 saturated heterocycles. The van der Waals surface area contributed by atoms with Crippen LogP contribution in [0.1, 0.15) is 71.2 Å². The van der Waals surface area contributed by atoms with Gasteiger partial charge in [-0.15, -0.1) is 0 Å². The van der Waals surface area contributed by atoms with E-state index in [2.05, 4.69) is 54.3 Å². The number of rotatable bonds is 8. The maximum Gasteiger partial charge on any atom is 0.324 e. The maximum atomic E-state index is 14.4. The van der Waals surface area contributed by atoms with Gasteiger partial charge in [-0.1, -0.05) is 39.8 Å². The molecule has 3 amide bonds. The van der Waals surface area contributed by atoms with Crippen LogP contribution in [0.4, 0.5) is 0 Å². The number of hydrogen-bond acceptors (Lipinski definition) is 9. The van der Waals surface area contributed by atoms with E-state index in [4.69, 9.17) is 14.5 Å². The van der Waals surface area contributed by atoms with Crippen LogP contribution in [0, 0.1) is 11.3 Å². The van der Waals surface area contributed by atoms with Crippen molar-refractivity contribution in [3.8, 4) is 28.1 Å². The molecule has 2 aromatic carbocycles. The minimum Gasteiger partial charge on any atom is -0.508 e. The highest BCUT2D eigenvalue weighted by Gasteiger charge is 2.37. The number of pyridine rings is 1. The molecule has 0 aliphatic carbocycles. The lowest BCUT2D eigenvalue weighted by Crippen LogP contribution is -2.62. The fraction of sp³-hybridized carbons (Fsp3) is 0.477. The predicted octanol–water partition coefficient (Wildman–Crippen LogP) is 5.39. The highest BCUT2D eigenvalue weighted by atomic mass is 16.5. The van der Waals surface area contributed by atoms with Gasteiger partial charge in [-0.05, 0) is 90.8 Å². The second kappa shape index (κ2) is 17.1. The molecule has 0 unspecified atom stereocenters. The first-order valence-corrected chi connectivity index (χ1v) is 19.8. The van der Waals surface area contributed by atoms with Crippen molar-refractivity contribution < 1.29 is 33.8 Å². The van der Waals surface area contributed by atoms with Crippen LogP contribution in [-0.4, -0.2) is 93.7 Å². The number of benzene rings is 2. The lowest BCUT2D eigenvalue weighted by atomic mass is 9.84. The third kappa shape index (κ3) is 8.84. The van der Waals surface area contributed by atoms with Gasteiger partial charge in [-0.25, -0.2) is 5.43 Å². The highest BCUT2D eigenvalue weighted by Crippen LogP contribution is 2.41. The summed E-state index contributed by atoms with van der Waals surface area (Å²) in [4.78, 5) is 60.5. The number of fused-ring (bicyclic) bond motifs is 6. The van der Waals surface area contributed by atoms with E-state index in [0.717, 1.165) is 44.5 Å². The predicted molar refractivity (Wildman–Crippen MR) is 218 cm³/mol. The van der Waals surface area contributed by atoms with Gasteiger partial charge in [0.1, 0.15) is 23.9 Å².